The van der Waals surface area contributed by atoms with Crippen molar-refractivity contribution in [3.8, 4) is 0 Å². The lowest BCUT2D eigenvalue weighted by molar-refractivity contribution is 0.0699. The normalized spacial score (nSPS) is 16.6. The molecule has 1 aliphatic rings. The number of para-hydroxylation sites is 1. The zero-order valence-electron chi connectivity index (χ0n) is 11.4. The molecule has 1 fully saturated rings. The van der Waals surface area contributed by atoms with E-state index in [1.165, 1.54) is 0 Å². The van der Waals surface area contributed by atoms with Crippen molar-refractivity contribution in [1.29, 1.82) is 0 Å². The number of hydrogen-bond donors (Lipinski definition) is 1. The third kappa shape index (κ3) is 2.32. The maximum atomic E-state index is 11.4. The Bertz CT molecular complexity index is 649. The van der Waals surface area contributed by atoms with Gasteiger partial charge >= 0.3 is 5.97 Å². The van der Waals surface area contributed by atoms with E-state index < -0.39 is 5.97 Å². The van der Waals surface area contributed by atoms with Gasteiger partial charge < -0.3 is 14.9 Å². The van der Waals surface area contributed by atoms with Crippen molar-refractivity contribution in [2.75, 3.05) is 38.1 Å². The molecule has 20 heavy (non-hydrogen) atoms. The zero-order valence-corrected chi connectivity index (χ0v) is 11.4. The van der Waals surface area contributed by atoms with Crippen molar-refractivity contribution in [1.82, 2.24) is 9.88 Å². The first-order valence-electron chi connectivity index (χ1n) is 6.72. The van der Waals surface area contributed by atoms with Gasteiger partial charge in [0.1, 0.15) is 5.82 Å². The van der Waals surface area contributed by atoms with Crippen LogP contribution in [0, 0.1) is 0 Å². The predicted molar refractivity (Wildman–Crippen MR) is 78.4 cm³/mol. The molecular formula is C15H17N3O2. The molecule has 0 bridgehead atoms. The van der Waals surface area contributed by atoms with Gasteiger partial charge in [-0.25, -0.2) is 9.78 Å². The number of anilines is 1. The molecular weight excluding hydrogens is 254 g/mol. The lowest BCUT2D eigenvalue weighted by Crippen LogP contribution is -2.44. The first kappa shape index (κ1) is 12.9. The SMILES string of the molecule is CN1CCN(c2cc(C(=O)O)c3ccccc3n2)CC1. The topological polar surface area (TPSA) is 56.7 Å². The summed E-state index contributed by atoms with van der Waals surface area (Å²) in [5.41, 5.74) is 1.06. The van der Waals surface area contributed by atoms with Crippen LogP contribution >= 0.6 is 0 Å². The molecule has 0 spiro atoms. The van der Waals surface area contributed by atoms with Crippen LogP contribution in [-0.4, -0.2) is 54.2 Å². The minimum absolute atomic E-state index is 0.324. The summed E-state index contributed by atoms with van der Waals surface area (Å²) in [6.07, 6.45) is 0. The maximum absolute atomic E-state index is 11.4. The first-order valence-corrected chi connectivity index (χ1v) is 6.72. The van der Waals surface area contributed by atoms with Crippen LogP contribution in [0.4, 0.5) is 5.82 Å². The Kier molecular flexibility index (Phi) is 3.28. The number of aromatic carboxylic acids is 1. The van der Waals surface area contributed by atoms with E-state index in [0.717, 1.165) is 37.5 Å². The van der Waals surface area contributed by atoms with Crippen LogP contribution in [0.5, 0.6) is 0 Å². The average molecular weight is 271 g/mol. The van der Waals surface area contributed by atoms with E-state index in [-0.39, 0.29) is 0 Å². The molecule has 0 amide bonds. The molecule has 104 valence electrons. The van der Waals surface area contributed by atoms with E-state index in [2.05, 4.69) is 21.8 Å². The van der Waals surface area contributed by atoms with Gasteiger partial charge in [-0.15, -0.1) is 0 Å². The maximum Gasteiger partial charge on any atom is 0.336 e. The van der Waals surface area contributed by atoms with Gasteiger partial charge in [0.2, 0.25) is 0 Å². The fraction of sp³-hybridized carbons (Fsp3) is 0.333. The summed E-state index contributed by atoms with van der Waals surface area (Å²) in [5.74, 6) is -0.145. The Balaban J connectivity index is 2.06. The van der Waals surface area contributed by atoms with E-state index in [1.807, 2.05) is 18.2 Å². The van der Waals surface area contributed by atoms with E-state index in [4.69, 9.17) is 0 Å². The number of rotatable bonds is 2. The number of carbonyl (C=O) groups is 1. The van der Waals surface area contributed by atoms with Crippen LogP contribution in [0.25, 0.3) is 10.9 Å². The molecule has 2 aromatic rings. The average Bonchev–Trinajstić information content (AvgIpc) is 2.46. The Morgan fingerprint density at radius 1 is 1.20 bits per heavy atom. The molecule has 0 aliphatic carbocycles. The van der Waals surface area contributed by atoms with Crippen molar-refractivity contribution in [3.63, 3.8) is 0 Å². The van der Waals surface area contributed by atoms with E-state index in [9.17, 15) is 9.90 Å². The number of aromatic nitrogens is 1. The number of carboxylic acids is 1. The Morgan fingerprint density at radius 2 is 1.90 bits per heavy atom. The highest BCUT2D eigenvalue weighted by molar-refractivity contribution is 6.03. The number of piperazine rings is 1. The molecule has 1 aromatic carbocycles. The second-order valence-electron chi connectivity index (χ2n) is 5.14. The van der Waals surface area contributed by atoms with E-state index in [0.29, 0.717) is 10.9 Å². The van der Waals surface area contributed by atoms with Gasteiger partial charge in [0.25, 0.3) is 0 Å². The standard InChI is InChI=1S/C15H17N3O2/c1-17-6-8-18(9-7-17)14-10-12(15(19)20)11-4-2-3-5-13(11)16-14/h2-5,10H,6-9H2,1H3,(H,19,20). The second-order valence-corrected chi connectivity index (χ2v) is 5.14. The van der Waals surface area contributed by atoms with Crippen LogP contribution in [0.15, 0.2) is 30.3 Å². The lowest BCUT2D eigenvalue weighted by Gasteiger charge is -2.33. The molecule has 5 heteroatoms. The summed E-state index contributed by atoms with van der Waals surface area (Å²) in [5, 5.41) is 10.1. The van der Waals surface area contributed by atoms with Crippen LogP contribution in [0.1, 0.15) is 10.4 Å². The van der Waals surface area contributed by atoms with Gasteiger partial charge in [-0.3, -0.25) is 0 Å². The van der Waals surface area contributed by atoms with E-state index in [1.54, 1.807) is 12.1 Å². The number of likely N-dealkylation sites (N-methyl/N-ethyl adjacent to an activating group) is 1. The number of hydrogen-bond acceptors (Lipinski definition) is 4. The van der Waals surface area contributed by atoms with E-state index >= 15 is 0 Å². The largest absolute Gasteiger partial charge is 0.478 e. The number of nitrogens with zero attached hydrogens (tertiary/aromatic N) is 3. The minimum atomic E-state index is -0.904. The van der Waals surface area contributed by atoms with Gasteiger partial charge in [-0.1, -0.05) is 18.2 Å². The van der Waals surface area contributed by atoms with Crippen LogP contribution in [0.3, 0.4) is 0 Å². The highest BCUT2D eigenvalue weighted by atomic mass is 16.4. The molecule has 2 heterocycles. The van der Waals surface area contributed by atoms with Crippen molar-refractivity contribution >= 4 is 22.7 Å². The van der Waals surface area contributed by atoms with Gasteiger partial charge in [0.15, 0.2) is 0 Å². The molecule has 1 saturated heterocycles. The number of fused-ring (bicyclic) bond motifs is 1. The van der Waals surface area contributed by atoms with Crippen LogP contribution in [0.2, 0.25) is 0 Å². The summed E-state index contributed by atoms with van der Waals surface area (Å²) in [4.78, 5) is 20.5. The smallest absolute Gasteiger partial charge is 0.336 e. The molecule has 5 nitrogen and oxygen atoms in total. The molecule has 0 atom stereocenters. The summed E-state index contributed by atoms with van der Waals surface area (Å²) >= 11 is 0. The van der Waals surface area contributed by atoms with Gasteiger partial charge in [0, 0.05) is 31.6 Å². The zero-order chi connectivity index (χ0) is 14.1. The quantitative estimate of drug-likeness (QED) is 0.900. The molecule has 0 radical (unpaired) electrons. The second kappa shape index (κ2) is 5.09. The fourth-order valence-corrected chi connectivity index (χ4v) is 2.54. The van der Waals surface area contributed by atoms with Gasteiger partial charge in [-0.2, -0.15) is 0 Å². The highest BCUT2D eigenvalue weighted by Crippen LogP contribution is 2.23. The molecule has 0 unspecified atom stereocenters. The van der Waals surface area contributed by atoms with Crippen molar-refractivity contribution < 1.29 is 9.90 Å². The van der Waals surface area contributed by atoms with Gasteiger partial charge in [0.05, 0.1) is 11.1 Å². The summed E-state index contributed by atoms with van der Waals surface area (Å²) < 4.78 is 0. The Hall–Kier alpha value is -2.14. The van der Waals surface area contributed by atoms with Crippen molar-refractivity contribution in [2.24, 2.45) is 0 Å². The molecule has 3 rings (SSSR count). The highest BCUT2D eigenvalue weighted by Gasteiger charge is 2.18. The lowest BCUT2D eigenvalue weighted by atomic mass is 10.1. The van der Waals surface area contributed by atoms with Crippen LogP contribution in [-0.2, 0) is 0 Å². The number of benzene rings is 1. The Morgan fingerprint density at radius 3 is 2.60 bits per heavy atom. The van der Waals surface area contributed by atoms with Gasteiger partial charge in [-0.05, 0) is 19.2 Å². The van der Waals surface area contributed by atoms with Crippen molar-refractivity contribution in [3.05, 3.63) is 35.9 Å². The number of carboxylic acid groups (broad SMARTS) is 1. The molecule has 1 aliphatic heterocycles. The van der Waals surface area contributed by atoms with Crippen LogP contribution < -0.4 is 4.90 Å². The predicted octanol–water partition coefficient (Wildman–Crippen LogP) is 1.68. The third-order valence-corrected chi connectivity index (χ3v) is 3.76. The van der Waals surface area contributed by atoms with Crippen molar-refractivity contribution in [2.45, 2.75) is 0 Å². The first-order chi connectivity index (χ1) is 9.65. The summed E-state index contributed by atoms with van der Waals surface area (Å²) in [6, 6.07) is 9.08. The summed E-state index contributed by atoms with van der Waals surface area (Å²) in [7, 11) is 2.09. The molecule has 1 N–H and O–H groups in total. The fourth-order valence-electron chi connectivity index (χ4n) is 2.54. The monoisotopic (exact) mass is 271 g/mol. The minimum Gasteiger partial charge on any atom is -0.478 e. The molecule has 0 saturated carbocycles. The Labute approximate surface area is 117 Å². The third-order valence-electron chi connectivity index (χ3n) is 3.76. The summed E-state index contributed by atoms with van der Waals surface area (Å²) in [6.45, 7) is 3.69. The molecule has 1 aromatic heterocycles. The number of pyridine rings is 1.